The van der Waals surface area contributed by atoms with Crippen molar-refractivity contribution in [1.29, 1.82) is 0 Å². The largest absolute Gasteiger partial charge is 0.481 e. The fraction of sp³-hybridized carbons (Fsp3) is 0.583. The number of aliphatic carboxylic acids is 1. The number of carboxylic acids is 1. The van der Waals surface area contributed by atoms with E-state index in [1.54, 1.807) is 11.3 Å². The van der Waals surface area contributed by atoms with Crippen molar-refractivity contribution in [3.63, 3.8) is 0 Å². The summed E-state index contributed by atoms with van der Waals surface area (Å²) in [7, 11) is 2.01. The second-order valence-corrected chi connectivity index (χ2v) is 6.72. The summed E-state index contributed by atoms with van der Waals surface area (Å²) in [5.74, 6) is -0.636. The average molecular weight is 318 g/mol. The van der Waals surface area contributed by atoms with Crippen molar-refractivity contribution in [3.8, 4) is 0 Å². The smallest absolute Gasteiger partial charge is 0.310 e. The second-order valence-electron chi connectivity index (χ2n) is 4.80. The van der Waals surface area contributed by atoms with Gasteiger partial charge in [-0.05, 0) is 48.3 Å². The molecule has 0 atom stereocenters. The molecule has 0 bridgehead atoms. The highest BCUT2D eigenvalue weighted by molar-refractivity contribution is 9.10. The van der Waals surface area contributed by atoms with Gasteiger partial charge in [0.15, 0.2) is 0 Å². The van der Waals surface area contributed by atoms with E-state index in [-0.39, 0.29) is 0 Å². The molecule has 1 aliphatic rings. The second kappa shape index (κ2) is 5.08. The van der Waals surface area contributed by atoms with Crippen LogP contribution < -0.4 is 0 Å². The lowest BCUT2D eigenvalue weighted by Gasteiger charge is -2.20. The number of likely N-dealkylation sites (N-methyl/N-ethyl adjacent to an activating group) is 1. The Morgan fingerprint density at radius 3 is 2.82 bits per heavy atom. The van der Waals surface area contributed by atoms with Crippen molar-refractivity contribution < 1.29 is 9.90 Å². The fourth-order valence-corrected chi connectivity index (χ4v) is 3.42. The topological polar surface area (TPSA) is 40.5 Å². The van der Waals surface area contributed by atoms with Crippen LogP contribution in [0.15, 0.2) is 15.9 Å². The van der Waals surface area contributed by atoms with Gasteiger partial charge in [0, 0.05) is 27.8 Å². The molecule has 1 aliphatic carbocycles. The van der Waals surface area contributed by atoms with E-state index in [0.717, 1.165) is 30.3 Å². The van der Waals surface area contributed by atoms with Gasteiger partial charge in [-0.3, -0.25) is 4.79 Å². The lowest BCUT2D eigenvalue weighted by atomic mass is 10.1. The summed E-state index contributed by atoms with van der Waals surface area (Å²) >= 11 is 5.18. The lowest BCUT2D eigenvalue weighted by molar-refractivity contribution is -0.144. The van der Waals surface area contributed by atoms with Crippen LogP contribution >= 0.6 is 27.3 Å². The summed E-state index contributed by atoms with van der Waals surface area (Å²) in [6, 6.07) is 2.13. The van der Waals surface area contributed by atoms with Crippen LogP contribution in [0, 0.1) is 5.41 Å². The molecule has 0 aliphatic heterocycles. The maximum absolute atomic E-state index is 11.1. The van der Waals surface area contributed by atoms with Gasteiger partial charge in [-0.1, -0.05) is 0 Å². The summed E-state index contributed by atoms with van der Waals surface area (Å²) in [6.45, 7) is 1.59. The first-order valence-electron chi connectivity index (χ1n) is 5.67. The minimum absolute atomic E-state index is 0.440. The van der Waals surface area contributed by atoms with E-state index in [9.17, 15) is 4.79 Å². The molecule has 1 aromatic rings. The van der Waals surface area contributed by atoms with Gasteiger partial charge in [0.05, 0.1) is 5.41 Å². The van der Waals surface area contributed by atoms with Crippen molar-refractivity contribution in [2.75, 3.05) is 20.1 Å². The predicted octanol–water partition coefficient (Wildman–Crippen LogP) is 2.85. The molecule has 94 valence electrons. The Hall–Kier alpha value is -0.390. The standard InChI is InChI=1S/C12H16BrNO2S/c1-14(8-12(3-4-12)11(15)16)5-2-10-6-9(13)7-17-10/h6-7H,2-5,8H2,1H3,(H,15,16). The number of carboxylic acid groups (broad SMARTS) is 1. The summed E-state index contributed by atoms with van der Waals surface area (Å²) in [6.07, 6.45) is 2.65. The molecular formula is C12H16BrNO2S. The molecule has 0 saturated heterocycles. The van der Waals surface area contributed by atoms with Gasteiger partial charge in [-0.25, -0.2) is 0 Å². The number of hydrogen-bond donors (Lipinski definition) is 1. The molecule has 0 aromatic carbocycles. The zero-order chi connectivity index (χ0) is 12.5. The number of halogens is 1. The Bertz CT molecular complexity index is 414. The zero-order valence-corrected chi connectivity index (χ0v) is 12.2. The SMILES string of the molecule is CN(CCc1cc(Br)cs1)CC1(C(=O)O)CC1. The maximum Gasteiger partial charge on any atom is 0.310 e. The summed E-state index contributed by atoms with van der Waals surface area (Å²) in [5.41, 5.74) is -0.440. The predicted molar refractivity (Wildman–Crippen MR) is 72.5 cm³/mol. The van der Waals surface area contributed by atoms with Crippen LogP contribution in [-0.2, 0) is 11.2 Å². The normalized spacial score (nSPS) is 17.4. The van der Waals surface area contributed by atoms with E-state index in [0.29, 0.717) is 6.54 Å². The molecule has 0 unspecified atom stereocenters. The summed E-state index contributed by atoms with van der Waals surface area (Å²) in [5, 5.41) is 11.2. The molecule has 1 saturated carbocycles. The molecule has 17 heavy (non-hydrogen) atoms. The molecule has 1 aromatic heterocycles. The van der Waals surface area contributed by atoms with Gasteiger partial charge in [0.2, 0.25) is 0 Å². The van der Waals surface area contributed by atoms with Crippen LogP contribution in [0.3, 0.4) is 0 Å². The van der Waals surface area contributed by atoms with Gasteiger partial charge < -0.3 is 10.0 Å². The van der Waals surface area contributed by atoms with Crippen LogP contribution in [0.4, 0.5) is 0 Å². The molecule has 0 amide bonds. The van der Waals surface area contributed by atoms with E-state index < -0.39 is 11.4 Å². The van der Waals surface area contributed by atoms with Crippen molar-refractivity contribution >= 4 is 33.2 Å². The van der Waals surface area contributed by atoms with Crippen LogP contribution in [0.2, 0.25) is 0 Å². The molecule has 1 fully saturated rings. The van der Waals surface area contributed by atoms with Crippen molar-refractivity contribution in [1.82, 2.24) is 4.90 Å². The Morgan fingerprint density at radius 2 is 2.35 bits per heavy atom. The van der Waals surface area contributed by atoms with Gasteiger partial charge >= 0.3 is 5.97 Å². The van der Waals surface area contributed by atoms with Crippen molar-refractivity contribution in [2.24, 2.45) is 5.41 Å². The minimum Gasteiger partial charge on any atom is -0.481 e. The van der Waals surface area contributed by atoms with Crippen LogP contribution in [-0.4, -0.2) is 36.1 Å². The Kier molecular flexibility index (Phi) is 3.90. The monoisotopic (exact) mass is 317 g/mol. The molecule has 5 heteroatoms. The molecule has 1 heterocycles. The van der Waals surface area contributed by atoms with E-state index in [1.807, 2.05) is 7.05 Å². The highest BCUT2D eigenvalue weighted by atomic mass is 79.9. The van der Waals surface area contributed by atoms with Gasteiger partial charge in [0.25, 0.3) is 0 Å². The first-order valence-corrected chi connectivity index (χ1v) is 7.34. The van der Waals surface area contributed by atoms with E-state index >= 15 is 0 Å². The third kappa shape index (κ3) is 3.30. The Morgan fingerprint density at radius 1 is 1.65 bits per heavy atom. The number of thiophene rings is 1. The third-order valence-corrected chi connectivity index (χ3v) is 5.00. The number of hydrogen-bond acceptors (Lipinski definition) is 3. The van der Waals surface area contributed by atoms with Gasteiger partial charge in [-0.15, -0.1) is 11.3 Å². The van der Waals surface area contributed by atoms with Crippen LogP contribution in [0.1, 0.15) is 17.7 Å². The average Bonchev–Trinajstić information content (AvgIpc) is 2.92. The van der Waals surface area contributed by atoms with E-state index in [4.69, 9.17) is 5.11 Å². The maximum atomic E-state index is 11.1. The van der Waals surface area contributed by atoms with Gasteiger partial charge in [0.1, 0.15) is 0 Å². The number of rotatable bonds is 6. The Balaban J connectivity index is 1.78. The first kappa shape index (κ1) is 13.1. The van der Waals surface area contributed by atoms with E-state index in [1.165, 1.54) is 4.88 Å². The zero-order valence-electron chi connectivity index (χ0n) is 9.78. The van der Waals surface area contributed by atoms with Gasteiger partial charge in [-0.2, -0.15) is 0 Å². The molecular weight excluding hydrogens is 302 g/mol. The van der Waals surface area contributed by atoms with Crippen molar-refractivity contribution in [2.45, 2.75) is 19.3 Å². The molecule has 1 N–H and O–H groups in total. The minimum atomic E-state index is -0.636. The third-order valence-electron chi connectivity index (χ3n) is 3.24. The summed E-state index contributed by atoms with van der Waals surface area (Å²) in [4.78, 5) is 14.5. The van der Waals surface area contributed by atoms with E-state index in [2.05, 4.69) is 32.3 Å². The molecule has 0 spiro atoms. The van der Waals surface area contributed by atoms with Crippen molar-refractivity contribution in [3.05, 3.63) is 20.8 Å². The molecule has 0 radical (unpaired) electrons. The van der Waals surface area contributed by atoms with Crippen LogP contribution in [0.5, 0.6) is 0 Å². The van der Waals surface area contributed by atoms with Crippen LogP contribution in [0.25, 0.3) is 0 Å². The fourth-order valence-electron chi connectivity index (χ4n) is 1.97. The number of nitrogens with zero attached hydrogens (tertiary/aromatic N) is 1. The molecule has 2 rings (SSSR count). The Labute approximate surface area is 114 Å². The highest BCUT2D eigenvalue weighted by Crippen LogP contribution is 2.46. The number of carbonyl (C=O) groups is 1. The lowest BCUT2D eigenvalue weighted by Crippen LogP contribution is -2.33. The summed E-state index contributed by atoms with van der Waals surface area (Å²) < 4.78 is 1.13. The quantitative estimate of drug-likeness (QED) is 0.877. The molecule has 3 nitrogen and oxygen atoms in total. The first-order chi connectivity index (χ1) is 8.02. The highest BCUT2D eigenvalue weighted by Gasteiger charge is 2.50.